The van der Waals surface area contributed by atoms with Gasteiger partial charge in [-0.15, -0.1) is 0 Å². The van der Waals surface area contributed by atoms with Gasteiger partial charge >= 0.3 is 5.97 Å². The molecule has 1 amide bonds. The molecule has 0 aliphatic rings. The molecule has 0 fully saturated rings. The Bertz CT molecular complexity index is 1140. The highest BCUT2D eigenvalue weighted by molar-refractivity contribution is 7.17. The second-order valence-electron chi connectivity index (χ2n) is 5.93. The summed E-state index contributed by atoms with van der Waals surface area (Å²) in [5, 5.41) is 3.61. The number of carbonyl (C=O) groups excluding carboxylic acids is 2. The van der Waals surface area contributed by atoms with Crippen LogP contribution in [0.15, 0.2) is 29.2 Å². The molecule has 3 aromatic rings. The highest BCUT2D eigenvalue weighted by atomic mass is 35.5. The van der Waals surface area contributed by atoms with Crippen molar-refractivity contribution in [1.29, 1.82) is 0 Å². The maximum atomic E-state index is 12.8. The first-order valence-electron chi connectivity index (χ1n) is 8.64. The molecule has 0 spiro atoms. The number of thiazole rings is 1. The van der Waals surface area contributed by atoms with Crippen molar-refractivity contribution in [3.05, 3.63) is 55.8 Å². The second-order valence-corrected chi connectivity index (χ2v) is 7.36. The van der Waals surface area contributed by atoms with Gasteiger partial charge in [0.25, 0.3) is 5.91 Å². The van der Waals surface area contributed by atoms with Gasteiger partial charge in [0.1, 0.15) is 10.4 Å². The summed E-state index contributed by atoms with van der Waals surface area (Å²) in [6.07, 6.45) is 1.51. The number of rotatable bonds is 5. The number of nitrogens with one attached hydrogen (secondary N) is 1. The Morgan fingerprint density at radius 2 is 2.07 bits per heavy atom. The Morgan fingerprint density at radius 3 is 2.75 bits per heavy atom. The Hall–Kier alpha value is -2.71. The zero-order valence-corrected chi connectivity index (χ0v) is 17.1. The Kier molecular flexibility index (Phi) is 5.81. The number of fused-ring (bicyclic) bond motifs is 1. The molecule has 2 heterocycles. The van der Waals surface area contributed by atoms with Crippen molar-refractivity contribution in [2.24, 2.45) is 0 Å². The van der Waals surface area contributed by atoms with Crippen LogP contribution in [0.1, 0.15) is 39.6 Å². The van der Waals surface area contributed by atoms with Gasteiger partial charge in [0.05, 0.1) is 17.8 Å². The molecular formula is C19H18ClN3O4S. The van der Waals surface area contributed by atoms with E-state index in [-0.39, 0.29) is 17.3 Å². The van der Waals surface area contributed by atoms with E-state index in [9.17, 15) is 14.4 Å². The molecule has 0 unspecified atom stereocenters. The highest BCUT2D eigenvalue weighted by Crippen LogP contribution is 2.24. The summed E-state index contributed by atoms with van der Waals surface area (Å²) in [7, 11) is 0. The smallest absolute Gasteiger partial charge is 0.350 e. The van der Waals surface area contributed by atoms with Gasteiger partial charge < -0.3 is 9.30 Å². The van der Waals surface area contributed by atoms with Crippen LogP contribution < -0.4 is 10.7 Å². The number of ether oxygens (including phenoxy) is 1. The third-order valence-electron chi connectivity index (χ3n) is 4.11. The van der Waals surface area contributed by atoms with Crippen molar-refractivity contribution in [1.82, 2.24) is 9.55 Å². The zero-order valence-electron chi connectivity index (χ0n) is 15.5. The first-order chi connectivity index (χ1) is 13.3. The highest BCUT2D eigenvalue weighted by Gasteiger charge is 2.20. The molecule has 0 bridgehead atoms. The van der Waals surface area contributed by atoms with Gasteiger partial charge in [-0.05, 0) is 39.0 Å². The van der Waals surface area contributed by atoms with Crippen molar-refractivity contribution in [2.45, 2.75) is 27.3 Å². The maximum Gasteiger partial charge on any atom is 0.350 e. The van der Waals surface area contributed by atoms with E-state index < -0.39 is 17.3 Å². The molecule has 3 rings (SSSR count). The SMILES string of the molecule is CCOC(=O)c1sc(NC(=O)c2cn(CC)c3ccc(Cl)cc3c2=O)nc1C. The molecule has 2 aromatic heterocycles. The fourth-order valence-corrected chi connectivity index (χ4v) is 3.82. The number of esters is 1. The van der Waals surface area contributed by atoms with Crippen LogP contribution in [0.5, 0.6) is 0 Å². The quantitative estimate of drug-likeness (QED) is 0.634. The number of aryl methyl sites for hydroxylation is 2. The summed E-state index contributed by atoms with van der Waals surface area (Å²) in [4.78, 5) is 42.0. The lowest BCUT2D eigenvalue weighted by molar-refractivity contribution is 0.0531. The number of halogens is 1. The number of anilines is 1. The summed E-state index contributed by atoms with van der Waals surface area (Å²) >= 11 is 7.03. The largest absolute Gasteiger partial charge is 0.462 e. The van der Waals surface area contributed by atoms with Crippen molar-refractivity contribution < 1.29 is 14.3 Å². The van der Waals surface area contributed by atoms with E-state index in [1.807, 2.05) is 6.92 Å². The first kappa shape index (κ1) is 20.0. The molecule has 146 valence electrons. The molecule has 7 nitrogen and oxygen atoms in total. The van der Waals surface area contributed by atoms with Gasteiger partial charge in [-0.25, -0.2) is 9.78 Å². The number of nitrogens with zero attached hydrogens (tertiary/aromatic N) is 2. The van der Waals surface area contributed by atoms with E-state index >= 15 is 0 Å². The normalized spacial score (nSPS) is 10.9. The van der Waals surface area contributed by atoms with Crippen LogP contribution in [0, 0.1) is 6.92 Å². The molecule has 0 atom stereocenters. The predicted molar refractivity (Wildman–Crippen MR) is 110 cm³/mol. The minimum Gasteiger partial charge on any atom is -0.462 e. The topological polar surface area (TPSA) is 90.3 Å². The fourth-order valence-electron chi connectivity index (χ4n) is 2.79. The monoisotopic (exact) mass is 419 g/mol. The Balaban J connectivity index is 1.98. The molecule has 0 aliphatic carbocycles. The molecule has 0 radical (unpaired) electrons. The van der Waals surface area contributed by atoms with Crippen LogP contribution in [-0.4, -0.2) is 28.0 Å². The Labute approximate surface area is 169 Å². The lowest BCUT2D eigenvalue weighted by atomic mass is 10.1. The van der Waals surface area contributed by atoms with E-state index in [0.717, 1.165) is 11.3 Å². The molecule has 1 N–H and O–H groups in total. The summed E-state index contributed by atoms with van der Waals surface area (Å²) in [6, 6.07) is 5.00. The molecule has 0 saturated heterocycles. The standard InChI is InChI=1S/C19H18ClN3O4S/c1-4-23-9-13(15(24)12-8-11(20)6-7-14(12)23)17(25)22-19-21-10(3)16(28-19)18(26)27-5-2/h6-9H,4-5H2,1-3H3,(H,21,22,25). The van der Waals surface area contributed by atoms with Crippen molar-refractivity contribution in [2.75, 3.05) is 11.9 Å². The fraction of sp³-hybridized carbons (Fsp3) is 0.263. The number of aromatic nitrogens is 2. The Morgan fingerprint density at radius 1 is 1.32 bits per heavy atom. The van der Waals surface area contributed by atoms with Gasteiger partial charge in [-0.2, -0.15) is 0 Å². The average molecular weight is 420 g/mol. The first-order valence-corrected chi connectivity index (χ1v) is 9.83. The van der Waals surface area contributed by atoms with Crippen LogP contribution in [0.4, 0.5) is 5.13 Å². The minimum absolute atomic E-state index is 0.0258. The number of pyridine rings is 1. The van der Waals surface area contributed by atoms with E-state index in [4.69, 9.17) is 16.3 Å². The third kappa shape index (κ3) is 3.79. The molecule has 0 aliphatic heterocycles. The van der Waals surface area contributed by atoms with Gasteiger partial charge in [0.2, 0.25) is 5.43 Å². The second kappa shape index (κ2) is 8.12. The lowest BCUT2D eigenvalue weighted by Crippen LogP contribution is -2.23. The van der Waals surface area contributed by atoms with Gasteiger partial charge in [-0.1, -0.05) is 22.9 Å². The molecule has 28 heavy (non-hydrogen) atoms. The third-order valence-corrected chi connectivity index (χ3v) is 5.39. The van der Waals surface area contributed by atoms with Crippen LogP contribution in [0.3, 0.4) is 0 Å². The van der Waals surface area contributed by atoms with Gasteiger partial charge in [0.15, 0.2) is 5.13 Å². The number of amides is 1. The summed E-state index contributed by atoms with van der Waals surface area (Å²) < 4.78 is 6.78. The number of benzene rings is 1. The summed E-state index contributed by atoms with van der Waals surface area (Å²) in [6.45, 7) is 6.09. The van der Waals surface area contributed by atoms with E-state index in [1.165, 1.54) is 6.20 Å². The maximum absolute atomic E-state index is 12.8. The minimum atomic E-state index is -0.599. The molecular weight excluding hydrogens is 402 g/mol. The zero-order chi connectivity index (χ0) is 20.4. The van der Waals surface area contributed by atoms with E-state index in [1.54, 1.807) is 36.6 Å². The van der Waals surface area contributed by atoms with Crippen LogP contribution in [-0.2, 0) is 11.3 Å². The molecule has 0 saturated carbocycles. The van der Waals surface area contributed by atoms with Crippen LogP contribution >= 0.6 is 22.9 Å². The predicted octanol–water partition coefficient (Wildman–Crippen LogP) is 3.87. The average Bonchev–Trinajstić information content (AvgIpc) is 3.02. The van der Waals surface area contributed by atoms with Crippen LogP contribution in [0.2, 0.25) is 5.02 Å². The van der Waals surface area contributed by atoms with E-state index in [0.29, 0.717) is 33.0 Å². The lowest BCUT2D eigenvalue weighted by Gasteiger charge is -2.11. The molecule has 1 aromatic carbocycles. The van der Waals surface area contributed by atoms with Crippen LogP contribution in [0.25, 0.3) is 10.9 Å². The van der Waals surface area contributed by atoms with Crippen molar-refractivity contribution in [3.8, 4) is 0 Å². The number of hydrogen-bond acceptors (Lipinski definition) is 6. The summed E-state index contributed by atoms with van der Waals surface area (Å²) in [5.41, 5.74) is 0.707. The van der Waals surface area contributed by atoms with Crippen molar-refractivity contribution in [3.63, 3.8) is 0 Å². The number of hydrogen-bond donors (Lipinski definition) is 1. The molecule has 9 heteroatoms. The van der Waals surface area contributed by atoms with E-state index in [2.05, 4.69) is 10.3 Å². The van der Waals surface area contributed by atoms with Gasteiger partial charge in [0, 0.05) is 23.2 Å². The van der Waals surface area contributed by atoms with Crippen molar-refractivity contribution >= 4 is 50.8 Å². The van der Waals surface area contributed by atoms with Gasteiger partial charge in [-0.3, -0.25) is 14.9 Å². The number of carbonyl (C=O) groups is 2. The summed E-state index contributed by atoms with van der Waals surface area (Å²) in [5.74, 6) is -1.09.